The molecule has 1 aliphatic carbocycles. The minimum Gasteiger partial charge on any atom is -0.334 e. The first-order chi connectivity index (χ1) is 16.1. The van der Waals surface area contributed by atoms with Gasteiger partial charge in [-0.1, -0.05) is 13.8 Å². The number of amides is 2. The molecule has 0 fully saturated rings. The number of likely N-dealkylation sites (N-methyl/N-ethyl adjacent to an activating group) is 1. The van der Waals surface area contributed by atoms with Gasteiger partial charge in [-0.15, -0.1) is 22.7 Å². The van der Waals surface area contributed by atoms with E-state index in [4.69, 9.17) is 0 Å². The molecular formula is C25H30N4O2S2. The number of thiophene rings is 2. The molecule has 33 heavy (non-hydrogen) atoms. The number of Topliss-reactive ketones (excluding diaryl/α,β-unsaturated/α-hetero) is 1. The van der Waals surface area contributed by atoms with Crippen molar-refractivity contribution in [2.75, 3.05) is 18.4 Å². The molecule has 1 aliphatic heterocycles. The number of hydrogen-bond donors (Lipinski definition) is 2. The average molecular weight is 483 g/mol. The zero-order valence-electron chi connectivity index (χ0n) is 19.2. The molecule has 8 heteroatoms. The van der Waals surface area contributed by atoms with Gasteiger partial charge in [0, 0.05) is 53.8 Å². The summed E-state index contributed by atoms with van der Waals surface area (Å²) in [6.45, 7) is 7.63. The highest BCUT2D eigenvalue weighted by molar-refractivity contribution is 7.17. The fourth-order valence-electron chi connectivity index (χ4n) is 4.92. The number of nitrogens with zero attached hydrogens (tertiary/aromatic N) is 2. The molecule has 2 N–H and O–H groups in total. The molecule has 0 aromatic carbocycles. The summed E-state index contributed by atoms with van der Waals surface area (Å²) in [5, 5.41) is 7.98. The van der Waals surface area contributed by atoms with Crippen molar-refractivity contribution in [1.29, 1.82) is 0 Å². The van der Waals surface area contributed by atoms with Gasteiger partial charge in [0.05, 0.1) is 5.56 Å². The Kier molecular flexibility index (Phi) is 6.40. The van der Waals surface area contributed by atoms with Crippen LogP contribution >= 0.6 is 22.7 Å². The smallest absolute Gasteiger partial charge is 0.320 e. The largest absolute Gasteiger partial charge is 0.334 e. The number of nitrogens with one attached hydrogen (secondary N) is 2. The Balaban J connectivity index is 1.36. The molecule has 0 unspecified atom stereocenters. The minimum atomic E-state index is -0.246. The second kappa shape index (κ2) is 9.44. The first-order valence-corrected chi connectivity index (χ1v) is 13.4. The number of carbonyl (C=O) groups excluding carboxylic acids is 2. The minimum absolute atomic E-state index is 0.118. The lowest BCUT2D eigenvalue weighted by Gasteiger charge is -2.25. The Bertz CT molecular complexity index is 1180. The second-order valence-electron chi connectivity index (χ2n) is 8.64. The number of fused-ring (bicyclic) bond motifs is 2. The van der Waals surface area contributed by atoms with Crippen molar-refractivity contribution in [3.63, 3.8) is 0 Å². The molecule has 174 valence electrons. The van der Waals surface area contributed by atoms with Gasteiger partial charge in [0.1, 0.15) is 10.0 Å². The molecule has 0 saturated carbocycles. The molecule has 2 amide bonds. The van der Waals surface area contributed by atoms with E-state index in [2.05, 4.69) is 39.4 Å². The van der Waals surface area contributed by atoms with E-state index in [1.165, 1.54) is 25.9 Å². The number of aryl methyl sites for hydroxylation is 1. The fourth-order valence-corrected chi connectivity index (χ4v) is 7.60. The summed E-state index contributed by atoms with van der Waals surface area (Å²) in [6, 6.07) is 3.82. The quantitative estimate of drug-likeness (QED) is 0.444. The van der Waals surface area contributed by atoms with Gasteiger partial charge in [0.15, 0.2) is 5.78 Å². The predicted octanol–water partition coefficient (Wildman–Crippen LogP) is 5.38. The van der Waals surface area contributed by atoms with Crippen LogP contribution in [0.25, 0.3) is 5.00 Å². The van der Waals surface area contributed by atoms with Gasteiger partial charge in [-0.05, 0) is 55.5 Å². The van der Waals surface area contributed by atoms with Gasteiger partial charge < -0.3 is 9.88 Å². The highest BCUT2D eigenvalue weighted by atomic mass is 32.1. The van der Waals surface area contributed by atoms with Crippen LogP contribution in [0.3, 0.4) is 0 Å². The van der Waals surface area contributed by atoms with Crippen LogP contribution < -0.4 is 10.6 Å². The summed E-state index contributed by atoms with van der Waals surface area (Å²) in [4.78, 5) is 30.6. The molecule has 4 heterocycles. The molecule has 2 aliphatic rings. The van der Waals surface area contributed by atoms with E-state index in [0.717, 1.165) is 56.4 Å². The monoisotopic (exact) mass is 482 g/mol. The van der Waals surface area contributed by atoms with Gasteiger partial charge in [-0.2, -0.15) is 0 Å². The van der Waals surface area contributed by atoms with Gasteiger partial charge in [-0.3, -0.25) is 15.0 Å². The third kappa shape index (κ3) is 4.27. The highest BCUT2D eigenvalue weighted by Gasteiger charge is 2.27. The topological polar surface area (TPSA) is 66.4 Å². The Morgan fingerprint density at radius 3 is 2.61 bits per heavy atom. The maximum Gasteiger partial charge on any atom is 0.320 e. The standard InChI is InChI=1S/C25H30N4O2S2/c1-3-19(30)22-17-8-7-9-20(17)32-23(22)27-25(31)26-14-18-16-10-13-28(4-2)15-21(16)33-24(18)29-11-5-6-12-29/h5-6,11-12H,3-4,7-10,13-15H2,1-2H3,(H2,26,27,31). The first-order valence-electron chi connectivity index (χ1n) is 11.8. The van der Waals surface area contributed by atoms with Gasteiger partial charge in [0.25, 0.3) is 0 Å². The number of hydrogen-bond acceptors (Lipinski definition) is 5. The van der Waals surface area contributed by atoms with Crippen LogP contribution in [-0.2, 0) is 32.4 Å². The number of aromatic nitrogens is 1. The van der Waals surface area contributed by atoms with E-state index in [1.54, 1.807) is 11.3 Å². The van der Waals surface area contributed by atoms with Gasteiger partial charge >= 0.3 is 6.03 Å². The average Bonchev–Trinajstić information content (AvgIpc) is 3.60. The molecular weight excluding hydrogens is 452 g/mol. The van der Waals surface area contributed by atoms with Crippen molar-refractivity contribution in [1.82, 2.24) is 14.8 Å². The Morgan fingerprint density at radius 1 is 1.03 bits per heavy atom. The summed E-state index contributed by atoms with van der Waals surface area (Å²) in [5.41, 5.74) is 4.48. The molecule has 0 bridgehead atoms. The molecule has 6 nitrogen and oxygen atoms in total. The highest BCUT2D eigenvalue weighted by Crippen LogP contribution is 2.40. The van der Waals surface area contributed by atoms with Gasteiger partial charge in [0.2, 0.25) is 0 Å². The third-order valence-electron chi connectivity index (χ3n) is 6.68. The Labute approximate surface area is 202 Å². The molecule has 0 spiro atoms. The summed E-state index contributed by atoms with van der Waals surface area (Å²) >= 11 is 3.40. The number of anilines is 1. The normalized spacial score (nSPS) is 15.3. The predicted molar refractivity (Wildman–Crippen MR) is 135 cm³/mol. The van der Waals surface area contributed by atoms with E-state index in [0.29, 0.717) is 18.0 Å². The van der Waals surface area contributed by atoms with Crippen LogP contribution in [0.15, 0.2) is 24.5 Å². The van der Waals surface area contributed by atoms with Crippen LogP contribution in [0.1, 0.15) is 63.5 Å². The molecule has 0 radical (unpaired) electrons. The molecule has 3 aromatic rings. The Morgan fingerprint density at radius 2 is 1.85 bits per heavy atom. The van der Waals surface area contributed by atoms with E-state index in [1.807, 2.05) is 30.4 Å². The summed E-state index contributed by atoms with van der Waals surface area (Å²) in [7, 11) is 0. The number of ketones is 1. The van der Waals surface area contributed by atoms with Crippen molar-refractivity contribution in [2.45, 2.75) is 59.0 Å². The van der Waals surface area contributed by atoms with Crippen LogP contribution in [0.2, 0.25) is 0 Å². The van der Waals surface area contributed by atoms with Crippen molar-refractivity contribution < 1.29 is 9.59 Å². The molecule has 0 saturated heterocycles. The molecule has 0 atom stereocenters. The van der Waals surface area contributed by atoms with Crippen molar-refractivity contribution >= 4 is 39.5 Å². The van der Waals surface area contributed by atoms with Crippen LogP contribution in [0, 0.1) is 0 Å². The number of urea groups is 1. The number of carbonyl (C=O) groups is 2. The van der Waals surface area contributed by atoms with Crippen molar-refractivity contribution in [3.8, 4) is 5.00 Å². The van der Waals surface area contributed by atoms with Gasteiger partial charge in [-0.25, -0.2) is 4.79 Å². The SMILES string of the molecule is CCC(=O)c1c(NC(=O)NCc2c(-n3cccc3)sc3c2CCN(CC)C3)sc2c1CCC2. The van der Waals surface area contributed by atoms with E-state index in [9.17, 15) is 9.59 Å². The van der Waals surface area contributed by atoms with Crippen molar-refractivity contribution in [3.05, 3.63) is 56.5 Å². The third-order valence-corrected chi connectivity index (χ3v) is 9.16. The van der Waals surface area contributed by atoms with E-state index >= 15 is 0 Å². The lowest BCUT2D eigenvalue weighted by Crippen LogP contribution is -2.31. The second-order valence-corrected chi connectivity index (χ2v) is 10.8. The van der Waals surface area contributed by atoms with Crippen LogP contribution in [0.4, 0.5) is 9.80 Å². The maximum absolute atomic E-state index is 12.9. The fraction of sp³-hybridized carbons (Fsp3) is 0.440. The summed E-state index contributed by atoms with van der Waals surface area (Å²) in [6.07, 6.45) is 8.62. The van der Waals surface area contributed by atoms with Crippen LogP contribution in [0.5, 0.6) is 0 Å². The van der Waals surface area contributed by atoms with E-state index in [-0.39, 0.29) is 11.8 Å². The maximum atomic E-state index is 12.9. The molecule has 5 rings (SSSR count). The zero-order valence-corrected chi connectivity index (χ0v) is 20.8. The molecule has 3 aromatic heterocycles. The zero-order chi connectivity index (χ0) is 22.9. The van der Waals surface area contributed by atoms with E-state index < -0.39 is 0 Å². The van der Waals surface area contributed by atoms with Crippen molar-refractivity contribution in [2.24, 2.45) is 0 Å². The summed E-state index contributed by atoms with van der Waals surface area (Å²) < 4.78 is 2.15. The number of rotatable bonds is 7. The lowest BCUT2D eigenvalue weighted by molar-refractivity contribution is 0.0988. The lowest BCUT2D eigenvalue weighted by atomic mass is 10.0. The Hall–Kier alpha value is -2.42. The summed E-state index contributed by atoms with van der Waals surface area (Å²) in [5.74, 6) is 0.118. The first kappa shape index (κ1) is 22.4. The van der Waals surface area contributed by atoms with Crippen LogP contribution in [-0.4, -0.2) is 34.4 Å².